The molecule has 4 heteroatoms. The zero-order chi connectivity index (χ0) is 11.8. The van der Waals surface area contributed by atoms with Crippen LogP contribution >= 0.6 is 0 Å². The lowest BCUT2D eigenvalue weighted by Gasteiger charge is -2.66. The molecule has 6 aliphatic rings. The SMILES string of the molecule is C1OC(C2(C34CC5CC(CC(C5)C3)C4)OCO2)O1. The lowest BCUT2D eigenvalue weighted by Crippen LogP contribution is -2.73. The summed E-state index contributed by atoms with van der Waals surface area (Å²) in [4.78, 5) is 0. The Balaban J connectivity index is 1.54. The van der Waals surface area contributed by atoms with Crippen molar-refractivity contribution in [3.63, 3.8) is 0 Å². The summed E-state index contributed by atoms with van der Waals surface area (Å²) in [6, 6.07) is 0. The van der Waals surface area contributed by atoms with Gasteiger partial charge in [-0.1, -0.05) is 0 Å². The molecule has 6 fully saturated rings. The molecule has 18 heavy (non-hydrogen) atoms. The Hall–Kier alpha value is -0.160. The zero-order valence-corrected chi connectivity index (χ0v) is 10.6. The van der Waals surface area contributed by atoms with Gasteiger partial charge in [0.15, 0.2) is 13.6 Å². The molecule has 4 bridgehead atoms. The summed E-state index contributed by atoms with van der Waals surface area (Å²) >= 11 is 0. The summed E-state index contributed by atoms with van der Waals surface area (Å²) < 4.78 is 23.0. The monoisotopic (exact) mass is 252 g/mol. The first-order chi connectivity index (χ1) is 8.80. The van der Waals surface area contributed by atoms with E-state index in [2.05, 4.69) is 0 Å². The Morgan fingerprint density at radius 1 is 0.722 bits per heavy atom. The summed E-state index contributed by atoms with van der Waals surface area (Å²) in [6.07, 6.45) is 7.78. The number of rotatable bonds is 2. The molecule has 0 atom stereocenters. The number of ether oxygens (including phenoxy) is 4. The summed E-state index contributed by atoms with van der Waals surface area (Å²) in [5.74, 6) is 2.10. The molecule has 0 N–H and O–H groups in total. The summed E-state index contributed by atoms with van der Waals surface area (Å²) in [5, 5.41) is 0. The highest BCUT2D eigenvalue weighted by Gasteiger charge is 2.70. The largest absolute Gasteiger partial charge is 0.321 e. The van der Waals surface area contributed by atoms with E-state index in [0.29, 0.717) is 13.6 Å². The van der Waals surface area contributed by atoms with Gasteiger partial charge in [-0.3, -0.25) is 0 Å². The lowest BCUT2D eigenvalue weighted by molar-refractivity contribution is -0.544. The summed E-state index contributed by atoms with van der Waals surface area (Å²) in [7, 11) is 0. The molecule has 4 saturated carbocycles. The topological polar surface area (TPSA) is 36.9 Å². The highest BCUT2D eigenvalue weighted by atomic mass is 16.9. The van der Waals surface area contributed by atoms with Crippen LogP contribution in [0.5, 0.6) is 0 Å². The van der Waals surface area contributed by atoms with Crippen molar-refractivity contribution < 1.29 is 18.9 Å². The second kappa shape index (κ2) is 3.29. The summed E-state index contributed by atoms with van der Waals surface area (Å²) in [6.45, 7) is 0.802. The van der Waals surface area contributed by atoms with Crippen LogP contribution in [-0.4, -0.2) is 25.7 Å². The molecule has 100 valence electrons. The molecule has 4 nitrogen and oxygen atoms in total. The van der Waals surface area contributed by atoms with Gasteiger partial charge in [0.25, 0.3) is 0 Å². The Kier molecular flexibility index (Phi) is 1.94. The van der Waals surface area contributed by atoms with E-state index in [1.54, 1.807) is 0 Å². The number of hydrogen-bond acceptors (Lipinski definition) is 4. The number of hydrogen-bond donors (Lipinski definition) is 0. The van der Waals surface area contributed by atoms with E-state index < -0.39 is 5.79 Å². The van der Waals surface area contributed by atoms with Crippen molar-refractivity contribution in [2.24, 2.45) is 23.2 Å². The van der Waals surface area contributed by atoms with Crippen LogP contribution < -0.4 is 0 Å². The van der Waals surface area contributed by atoms with Crippen molar-refractivity contribution in [2.45, 2.75) is 50.6 Å². The fraction of sp³-hybridized carbons (Fsp3) is 1.00. The van der Waals surface area contributed by atoms with E-state index in [9.17, 15) is 0 Å². The minimum absolute atomic E-state index is 0.172. The normalized spacial score (nSPS) is 53.0. The Labute approximate surface area is 107 Å². The molecule has 4 aliphatic carbocycles. The van der Waals surface area contributed by atoms with Gasteiger partial charge < -0.3 is 18.9 Å². The van der Waals surface area contributed by atoms with Crippen LogP contribution in [-0.2, 0) is 18.9 Å². The van der Waals surface area contributed by atoms with Gasteiger partial charge in [-0.05, 0) is 56.3 Å². The Bertz CT molecular complexity index is 337. The van der Waals surface area contributed by atoms with Crippen LogP contribution in [0.25, 0.3) is 0 Å². The van der Waals surface area contributed by atoms with Crippen molar-refractivity contribution in [2.75, 3.05) is 13.6 Å². The smallest absolute Gasteiger partial charge is 0.230 e. The molecule has 6 rings (SSSR count). The first-order valence-corrected chi connectivity index (χ1v) is 7.31. The maximum atomic E-state index is 5.93. The highest BCUT2D eigenvalue weighted by molar-refractivity contribution is 5.10. The van der Waals surface area contributed by atoms with Gasteiger partial charge in [0, 0.05) is 5.41 Å². The van der Waals surface area contributed by atoms with Crippen LogP contribution in [0.1, 0.15) is 38.5 Å². The molecule has 2 heterocycles. The fourth-order valence-electron chi connectivity index (χ4n) is 5.77. The minimum atomic E-state index is -0.568. The van der Waals surface area contributed by atoms with E-state index in [1.165, 1.54) is 38.5 Å². The molecule has 0 aromatic rings. The van der Waals surface area contributed by atoms with Crippen LogP contribution in [0.3, 0.4) is 0 Å². The second-order valence-corrected chi connectivity index (χ2v) is 7.06. The third-order valence-electron chi connectivity index (χ3n) is 6.07. The predicted octanol–water partition coefficient (Wildman–Crippen LogP) is 2.23. The van der Waals surface area contributed by atoms with Crippen LogP contribution in [0.4, 0.5) is 0 Å². The average molecular weight is 252 g/mol. The average Bonchev–Trinajstić information content (AvgIpc) is 2.17. The van der Waals surface area contributed by atoms with Crippen molar-refractivity contribution >= 4 is 0 Å². The molecule has 0 aromatic carbocycles. The predicted molar refractivity (Wildman–Crippen MR) is 61.2 cm³/mol. The molecule has 0 spiro atoms. The third-order valence-corrected chi connectivity index (χ3v) is 6.07. The van der Waals surface area contributed by atoms with Crippen LogP contribution in [0.15, 0.2) is 0 Å². The van der Waals surface area contributed by atoms with Gasteiger partial charge in [0.05, 0.1) is 0 Å². The van der Waals surface area contributed by atoms with Crippen molar-refractivity contribution in [3.05, 3.63) is 0 Å². The fourth-order valence-corrected chi connectivity index (χ4v) is 5.77. The Morgan fingerprint density at radius 3 is 1.61 bits per heavy atom. The van der Waals surface area contributed by atoms with E-state index in [1.807, 2.05) is 0 Å². The van der Waals surface area contributed by atoms with Gasteiger partial charge in [-0.25, -0.2) is 0 Å². The first kappa shape index (κ1) is 10.6. The van der Waals surface area contributed by atoms with Crippen LogP contribution in [0.2, 0.25) is 0 Å². The van der Waals surface area contributed by atoms with Crippen molar-refractivity contribution in [3.8, 4) is 0 Å². The molecule has 0 aromatic heterocycles. The van der Waals surface area contributed by atoms with E-state index >= 15 is 0 Å². The first-order valence-electron chi connectivity index (χ1n) is 7.31. The van der Waals surface area contributed by atoms with Gasteiger partial charge in [0.2, 0.25) is 12.1 Å². The quantitative estimate of drug-likeness (QED) is 0.755. The molecular formula is C14H20O4. The molecule has 2 aliphatic heterocycles. The van der Waals surface area contributed by atoms with Gasteiger partial charge in [-0.2, -0.15) is 0 Å². The Morgan fingerprint density at radius 2 is 1.28 bits per heavy atom. The molecule has 0 unspecified atom stereocenters. The summed E-state index contributed by atoms with van der Waals surface area (Å²) in [5.41, 5.74) is 0.172. The lowest BCUT2D eigenvalue weighted by atomic mass is 9.47. The highest BCUT2D eigenvalue weighted by Crippen LogP contribution is 2.67. The van der Waals surface area contributed by atoms with Gasteiger partial charge >= 0.3 is 0 Å². The van der Waals surface area contributed by atoms with E-state index in [4.69, 9.17) is 18.9 Å². The molecular weight excluding hydrogens is 232 g/mol. The standard InChI is InChI=1S/C14H20O4/c1-9-2-11-3-10(1)5-13(4-9,6-11)14(17-8-18-14)12-15-7-16-12/h9-12H,1-8H2. The maximum absolute atomic E-state index is 5.93. The molecule has 2 saturated heterocycles. The van der Waals surface area contributed by atoms with E-state index in [0.717, 1.165) is 17.8 Å². The third kappa shape index (κ3) is 1.12. The molecule has 0 amide bonds. The van der Waals surface area contributed by atoms with E-state index in [-0.39, 0.29) is 11.7 Å². The minimum Gasteiger partial charge on any atom is -0.321 e. The van der Waals surface area contributed by atoms with Gasteiger partial charge in [0.1, 0.15) is 0 Å². The van der Waals surface area contributed by atoms with Crippen molar-refractivity contribution in [1.29, 1.82) is 0 Å². The zero-order valence-electron chi connectivity index (χ0n) is 10.6. The maximum Gasteiger partial charge on any atom is 0.230 e. The van der Waals surface area contributed by atoms with Gasteiger partial charge in [-0.15, -0.1) is 0 Å². The molecule has 0 radical (unpaired) electrons. The van der Waals surface area contributed by atoms with Crippen molar-refractivity contribution in [1.82, 2.24) is 0 Å². The second-order valence-electron chi connectivity index (χ2n) is 7.06. The van der Waals surface area contributed by atoms with Crippen LogP contribution in [0, 0.1) is 23.2 Å².